The van der Waals surface area contributed by atoms with Crippen LogP contribution in [0.3, 0.4) is 0 Å². The molecule has 0 saturated carbocycles. The summed E-state index contributed by atoms with van der Waals surface area (Å²) in [5, 5.41) is 0.656. The molecule has 0 radical (unpaired) electrons. The first-order chi connectivity index (χ1) is 19.4. The average Bonchev–Trinajstić information content (AvgIpc) is 2.98. The van der Waals surface area contributed by atoms with Crippen LogP contribution in [0.25, 0.3) is 11.0 Å². The Bertz CT molecular complexity index is 1610. The number of amides is 1. The van der Waals surface area contributed by atoms with Gasteiger partial charge >= 0.3 is 11.6 Å². The monoisotopic (exact) mass is 543 g/mol. The maximum atomic E-state index is 13.9. The lowest BCUT2D eigenvalue weighted by Crippen LogP contribution is -2.44. The average molecular weight is 544 g/mol. The summed E-state index contributed by atoms with van der Waals surface area (Å²) in [6.07, 6.45) is 0.547. The van der Waals surface area contributed by atoms with Crippen molar-refractivity contribution in [3.8, 4) is 17.2 Å². The second kappa shape index (κ2) is 11.5. The molecule has 0 aliphatic carbocycles. The largest absolute Gasteiger partial charge is 0.493 e. The van der Waals surface area contributed by atoms with Crippen molar-refractivity contribution in [1.29, 1.82) is 0 Å². The normalized spacial score (nSPS) is 14.4. The Kier molecular flexibility index (Phi) is 7.72. The van der Waals surface area contributed by atoms with Gasteiger partial charge in [0.25, 0.3) is 5.91 Å². The molecule has 1 atom stereocenters. The highest BCUT2D eigenvalue weighted by atomic mass is 16.5. The van der Waals surface area contributed by atoms with Gasteiger partial charge in [0.2, 0.25) is 0 Å². The Morgan fingerprint density at radius 3 is 2.42 bits per heavy atom. The summed E-state index contributed by atoms with van der Waals surface area (Å²) >= 11 is 0. The van der Waals surface area contributed by atoms with Crippen LogP contribution in [0.5, 0.6) is 17.2 Å². The number of ether oxygens (including phenoxy) is 4. The number of benzene rings is 3. The highest BCUT2D eigenvalue weighted by Gasteiger charge is 2.34. The van der Waals surface area contributed by atoms with E-state index in [0.717, 1.165) is 11.1 Å². The molecule has 0 saturated heterocycles. The first kappa shape index (κ1) is 26.8. The number of methoxy groups -OCH3 is 2. The third kappa shape index (κ3) is 5.22. The highest BCUT2D eigenvalue weighted by Crippen LogP contribution is 2.39. The van der Waals surface area contributed by atoms with E-state index in [4.69, 9.17) is 23.4 Å². The molecule has 2 heterocycles. The molecule has 206 valence electrons. The number of nitrogens with zero attached hydrogens (tertiary/aromatic N) is 1. The van der Waals surface area contributed by atoms with Crippen molar-refractivity contribution in [2.45, 2.75) is 19.4 Å². The lowest BCUT2D eigenvalue weighted by molar-refractivity contribution is 0.0524. The third-order valence-electron chi connectivity index (χ3n) is 6.91. The van der Waals surface area contributed by atoms with Gasteiger partial charge in [-0.15, -0.1) is 0 Å². The Labute approximate surface area is 230 Å². The number of carbonyl (C=O) groups is 2. The van der Waals surface area contributed by atoms with Crippen LogP contribution in [0, 0.1) is 0 Å². The molecule has 1 aliphatic heterocycles. The lowest BCUT2D eigenvalue weighted by Gasteiger charge is -2.37. The van der Waals surface area contributed by atoms with E-state index in [2.05, 4.69) is 0 Å². The lowest BCUT2D eigenvalue weighted by atomic mass is 9.91. The molecule has 4 aromatic rings. The van der Waals surface area contributed by atoms with Gasteiger partial charge in [-0.05, 0) is 73.0 Å². The Morgan fingerprint density at radius 2 is 1.70 bits per heavy atom. The van der Waals surface area contributed by atoms with E-state index >= 15 is 0 Å². The fraction of sp³-hybridized carbons (Fsp3) is 0.258. The van der Waals surface area contributed by atoms with Crippen molar-refractivity contribution in [2.24, 2.45) is 0 Å². The summed E-state index contributed by atoms with van der Waals surface area (Å²) < 4.78 is 27.6. The van der Waals surface area contributed by atoms with Gasteiger partial charge in [0.05, 0.1) is 32.4 Å². The summed E-state index contributed by atoms with van der Waals surface area (Å²) in [4.78, 5) is 40.3. The molecule has 1 aromatic heterocycles. The zero-order valence-electron chi connectivity index (χ0n) is 22.5. The summed E-state index contributed by atoms with van der Waals surface area (Å²) in [5.41, 5.74) is 1.89. The molecule has 0 spiro atoms. The molecule has 5 rings (SSSR count). The summed E-state index contributed by atoms with van der Waals surface area (Å²) in [7, 11) is 3.12. The zero-order valence-corrected chi connectivity index (χ0v) is 22.5. The topological polar surface area (TPSA) is 105 Å². The van der Waals surface area contributed by atoms with E-state index in [9.17, 15) is 14.4 Å². The molecule has 0 bridgehead atoms. The van der Waals surface area contributed by atoms with Crippen molar-refractivity contribution >= 4 is 22.8 Å². The van der Waals surface area contributed by atoms with Crippen molar-refractivity contribution < 1.29 is 33.0 Å². The Balaban J connectivity index is 1.49. The van der Waals surface area contributed by atoms with E-state index in [1.165, 1.54) is 0 Å². The van der Waals surface area contributed by atoms with Crippen LogP contribution < -0.4 is 19.8 Å². The van der Waals surface area contributed by atoms with Crippen molar-refractivity contribution in [3.63, 3.8) is 0 Å². The van der Waals surface area contributed by atoms with E-state index in [-0.39, 0.29) is 18.8 Å². The van der Waals surface area contributed by atoms with Gasteiger partial charge in [0.1, 0.15) is 23.5 Å². The highest BCUT2D eigenvalue weighted by molar-refractivity contribution is 5.97. The van der Waals surface area contributed by atoms with Crippen LogP contribution in [0.1, 0.15) is 44.8 Å². The second-order valence-corrected chi connectivity index (χ2v) is 9.21. The van der Waals surface area contributed by atoms with E-state index < -0.39 is 23.5 Å². The number of hydrogen-bond donors (Lipinski definition) is 0. The van der Waals surface area contributed by atoms with E-state index in [0.29, 0.717) is 46.7 Å². The molecule has 40 heavy (non-hydrogen) atoms. The van der Waals surface area contributed by atoms with Crippen LogP contribution in [0.2, 0.25) is 0 Å². The molecule has 0 unspecified atom stereocenters. The van der Waals surface area contributed by atoms with Crippen LogP contribution in [0.15, 0.2) is 75.9 Å². The number of para-hydroxylation sites is 1. The summed E-state index contributed by atoms with van der Waals surface area (Å²) in [6, 6.07) is 18.4. The van der Waals surface area contributed by atoms with Crippen molar-refractivity contribution in [1.82, 2.24) is 4.90 Å². The zero-order chi connectivity index (χ0) is 28.2. The fourth-order valence-corrected chi connectivity index (χ4v) is 4.89. The van der Waals surface area contributed by atoms with Gasteiger partial charge < -0.3 is 28.3 Å². The van der Waals surface area contributed by atoms with Crippen LogP contribution in [0.4, 0.5) is 0 Å². The number of fused-ring (bicyclic) bond motifs is 2. The van der Waals surface area contributed by atoms with Crippen molar-refractivity contribution in [2.75, 3.05) is 34.0 Å². The maximum absolute atomic E-state index is 13.9. The molecule has 3 aromatic carbocycles. The molecule has 1 aliphatic rings. The van der Waals surface area contributed by atoms with Gasteiger partial charge in [-0.1, -0.05) is 18.2 Å². The van der Waals surface area contributed by atoms with Crippen LogP contribution in [-0.2, 0) is 11.2 Å². The van der Waals surface area contributed by atoms with Gasteiger partial charge in [-0.3, -0.25) is 4.79 Å². The predicted molar refractivity (Wildman–Crippen MR) is 147 cm³/mol. The number of hydrogen-bond acceptors (Lipinski definition) is 8. The third-order valence-corrected chi connectivity index (χ3v) is 6.91. The minimum absolute atomic E-state index is 0.0496. The molecular formula is C31H29NO8. The molecular weight excluding hydrogens is 514 g/mol. The molecule has 1 amide bonds. The summed E-state index contributed by atoms with van der Waals surface area (Å²) in [6.45, 7) is 2.47. The minimum atomic E-state index is -0.698. The van der Waals surface area contributed by atoms with E-state index in [1.54, 1.807) is 74.6 Å². The first-order valence-corrected chi connectivity index (χ1v) is 12.9. The standard InChI is InChI=1S/C31H29NO8/c1-4-38-30(34)19-9-11-22(12-10-19)39-18-25-23-17-28(37-3)27(36-2)16-20(23)13-14-32(25)29(33)24-15-21-7-5-6-8-26(21)40-31(24)35/h5-12,15-17,25H,4,13-14,18H2,1-3H3/t25-/m0/s1. The maximum Gasteiger partial charge on any atom is 0.349 e. The molecule has 0 N–H and O–H groups in total. The first-order valence-electron chi connectivity index (χ1n) is 12.9. The van der Waals surface area contributed by atoms with Crippen LogP contribution >= 0.6 is 0 Å². The van der Waals surface area contributed by atoms with Crippen LogP contribution in [-0.4, -0.2) is 50.8 Å². The van der Waals surface area contributed by atoms with Gasteiger partial charge in [0, 0.05) is 11.9 Å². The molecule has 9 heteroatoms. The summed E-state index contributed by atoms with van der Waals surface area (Å²) in [5.74, 6) is 0.752. The van der Waals surface area contributed by atoms with Gasteiger partial charge in [0.15, 0.2) is 11.5 Å². The van der Waals surface area contributed by atoms with Gasteiger partial charge in [-0.2, -0.15) is 0 Å². The molecule has 9 nitrogen and oxygen atoms in total. The predicted octanol–water partition coefficient (Wildman–Crippen LogP) is 4.81. The Hall–Kier alpha value is -4.79. The Morgan fingerprint density at radius 1 is 0.975 bits per heavy atom. The van der Waals surface area contributed by atoms with Gasteiger partial charge in [-0.25, -0.2) is 9.59 Å². The quantitative estimate of drug-likeness (QED) is 0.231. The van der Waals surface area contributed by atoms with Crippen molar-refractivity contribution in [3.05, 3.63) is 99.4 Å². The second-order valence-electron chi connectivity index (χ2n) is 9.21. The SMILES string of the molecule is CCOC(=O)c1ccc(OC[C@H]2c3cc(OC)c(OC)cc3CCN2C(=O)c2cc3ccccc3oc2=O)cc1. The number of carbonyl (C=O) groups excluding carboxylic acids is 2. The molecule has 0 fully saturated rings. The smallest absolute Gasteiger partial charge is 0.349 e. The fourth-order valence-electron chi connectivity index (χ4n) is 4.89. The number of esters is 1. The van der Waals surface area contributed by atoms with E-state index in [1.807, 2.05) is 18.2 Å². The minimum Gasteiger partial charge on any atom is -0.493 e. The number of rotatable bonds is 8.